The van der Waals surface area contributed by atoms with Gasteiger partial charge in [0.2, 0.25) is 5.95 Å². The number of pyridine rings is 1. The van der Waals surface area contributed by atoms with Crippen LogP contribution >= 0.6 is 0 Å². The van der Waals surface area contributed by atoms with Crippen LogP contribution in [0.4, 0.5) is 23.1 Å². The van der Waals surface area contributed by atoms with Gasteiger partial charge in [-0.05, 0) is 56.9 Å². The fourth-order valence-corrected chi connectivity index (χ4v) is 4.03. The normalized spacial score (nSPS) is 13.3. The Bertz CT molecular complexity index is 898. The second-order valence-electron chi connectivity index (χ2n) is 7.69. The number of anilines is 4. The van der Waals surface area contributed by atoms with Crippen LogP contribution < -0.4 is 15.1 Å². The SMILES string of the molecule is C=C1C=C(C)c2nc(Nc3ccc(N(CC)CCC)cn3)ncc2N1C(CC)CC. The highest BCUT2D eigenvalue weighted by molar-refractivity contribution is 5.81. The Balaban J connectivity index is 1.84. The third-order valence-corrected chi connectivity index (χ3v) is 5.63. The van der Waals surface area contributed by atoms with Gasteiger partial charge in [-0.1, -0.05) is 27.4 Å². The molecule has 0 saturated heterocycles. The maximum atomic E-state index is 4.80. The number of nitrogens with zero attached hydrogens (tertiary/aromatic N) is 5. The van der Waals surface area contributed by atoms with E-state index in [1.807, 2.05) is 18.5 Å². The highest BCUT2D eigenvalue weighted by Crippen LogP contribution is 2.36. The summed E-state index contributed by atoms with van der Waals surface area (Å²) in [5.41, 5.74) is 5.21. The van der Waals surface area contributed by atoms with E-state index >= 15 is 0 Å². The number of nitrogens with one attached hydrogen (secondary N) is 1. The Morgan fingerprint density at radius 1 is 1.10 bits per heavy atom. The highest BCUT2D eigenvalue weighted by Gasteiger charge is 2.26. The molecular formula is C24H34N6. The van der Waals surface area contributed by atoms with Gasteiger partial charge in [0.05, 0.1) is 29.5 Å². The molecule has 0 aromatic carbocycles. The van der Waals surface area contributed by atoms with E-state index in [2.05, 4.69) is 78.4 Å². The molecule has 3 heterocycles. The number of allylic oxidation sites excluding steroid dienone is 2. The van der Waals surface area contributed by atoms with Crippen molar-refractivity contribution >= 4 is 28.7 Å². The van der Waals surface area contributed by atoms with Crippen LogP contribution in [0.5, 0.6) is 0 Å². The number of fused-ring (bicyclic) bond motifs is 1. The highest BCUT2D eigenvalue weighted by atomic mass is 15.2. The van der Waals surface area contributed by atoms with Crippen LogP contribution in [-0.4, -0.2) is 34.1 Å². The molecule has 1 aliphatic rings. The number of hydrogen-bond acceptors (Lipinski definition) is 6. The first-order valence-electron chi connectivity index (χ1n) is 11.0. The molecule has 6 heteroatoms. The summed E-state index contributed by atoms with van der Waals surface area (Å²) >= 11 is 0. The third-order valence-electron chi connectivity index (χ3n) is 5.63. The van der Waals surface area contributed by atoms with E-state index in [1.54, 1.807) is 0 Å². The van der Waals surface area contributed by atoms with Gasteiger partial charge in [-0.15, -0.1) is 0 Å². The van der Waals surface area contributed by atoms with E-state index in [0.29, 0.717) is 12.0 Å². The molecule has 2 aromatic heterocycles. The van der Waals surface area contributed by atoms with Gasteiger partial charge < -0.3 is 15.1 Å². The van der Waals surface area contributed by atoms with Crippen LogP contribution in [0.2, 0.25) is 0 Å². The van der Waals surface area contributed by atoms with Gasteiger partial charge in [0.25, 0.3) is 0 Å². The molecule has 160 valence electrons. The smallest absolute Gasteiger partial charge is 0.229 e. The molecule has 3 rings (SSSR count). The van der Waals surface area contributed by atoms with Crippen molar-refractivity contribution < 1.29 is 0 Å². The molecule has 0 spiro atoms. The number of hydrogen-bond donors (Lipinski definition) is 1. The van der Waals surface area contributed by atoms with E-state index < -0.39 is 0 Å². The number of aromatic nitrogens is 3. The van der Waals surface area contributed by atoms with Gasteiger partial charge in [0.15, 0.2) is 0 Å². The lowest BCUT2D eigenvalue weighted by atomic mass is 10.0. The van der Waals surface area contributed by atoms with Crippen LogP contribution in [-0.2, 0) is 0 Å². The summed E-state index contributed by atoms with van der Waals surface area (Å²) in [6.45, 7) is 17.1. The van der Waals surface area contributed by atoms with E-state index in [-0.39, 0.29) is 0 Å². The predicted octanol–water partition coefficient (Wildman–Crippen LogP) is 5.78. The van der Waals surface area contributed by atoms with Crippen molar-refractivity contribution in [1.29, 1.82) is 0 Å². The Morgan fingerprint density at radius 2 is 1.87 bits per heavy atom. The van der Waals surface area contributed by atoms with Crippen molar-refractivity contribution in [3.05, 3.63) is 48.6 Å². The Kier molecular flexibility index (Phi) is 7.08. The van der Waals surface area contributed by atoms with Gasteiger partial charge in [0.1, 0.15) is 5.82 Å². The first-order chi connectivity index (χ1) is 14.5. The second kappa shape index (κ2) is 9.74. The molecule has 0 amide bonds. The number of rotatable bonds is 9. The van der Waals surface area contributed by atoms with Gasteiger partial charge in [-0.3, -0.25) is 0 Å². The molecule has 0 unspecified atom stereocenters. The summed E-state index contributed by atoms with van der Waals surface area (Å²) in [7, 11) is 0. The molecule has 1 aliphatic heterocycles. The van der Waals surface area contributed by atoms with Gasteiger partial charge in [0, 0.05) is 24.8 Å². The Labute approximate surface area is 180 Å². The predicted molar refractivity (Wildman–Crippen MR) is 127 cm³/mol. The summed E-state index contributed by atoms with van der Waals surface area (Å²) in [5.74, 6) is 1.30. The molecule has 6 nitrogen and oxygen atoms in total. The zero-order chi connectivity index (χ0) is 21.7. The molecule has 0 fully saturated rings. The van der Waals surface area contributed by atoms with Crippen molar-refractivity contribution in [3.63, 3.8) is 0 Å². The zero-order valence-corrected chi connectivity index (χ0v) is 18.9. The lowest BCUT2D eigenvalue weighted by Gasteiger charge is -2.36. The fourth-order valence-electron chi connectivity index (χ4n) is 4.03. The second-order valence-corrected chi connectivity index (χ2v) is 7.69. The van der Waals surface area contributed by atoms with Crippen LogP contribution in [0.1, 0.15) is 59.6 Å². The van der Waals surface area contributed by atoms with Crippen molar-refractivity contribution in [2.24, 2.45) is 0 Å². The van der Waals surface area contributed by atoms with E-state index in [0.717, 1.165) is 66.5 Å². The summed E-state index contributed by atoms with van der Waals surface area (Å²) in [6, 6.07) is 4.47. The van der Waals surface area contributed by atoms with Crippen molar-refractivity contribution in [3.8, 4) is 0 Å². The first kappa shape index (κ1) is 21.8. The lowest BCUT2D eigenvalue weighted by Crippen LogP contribution is -2.35. The molecular weight excluding hydrogens is 372 g/mol. The minimum absolute atomic E-state index is 0.391. The molecule has 0 atom stereocenters. The van der Waals surface area contributed by atoms with Crippen LogP contribution in [0.3, 0.4) is 0 Å². The summed E-state index contributed by atoms with van der Waals surface area (Å²) in [6.07, 6.45) is 9.13. The maximum Gasteiger partial charge on any atom is 0.229 e. The molecule has 0 saturated carbocycles. The van der Waals surface area contributed by atoms with Gasteiger partial charge in [-0.25, -0.2) is 15.0 Å². The van der Waals surface area contributed by atoms with E-state index in [1.165, 1.54) is 0 Å². The minimum Gasteiger partial charge on any atom is -0.371 e. The van der Waals surface area contributed by atoms with E-state index in [9.17, 15) is 0 Å². The van der Waals surface area contributed by atoms with Crippen molar-refractivity contribution in [1.82, 2.24) is 15.0 Å². The van der Waals surface area contributed by atoms with Crippen LogP contribution in [0, 0.1) is 0 Å². The average molecular weight is 407 g/mol. The van der Waals surface area contributed by atoms with E-state index in [4.69, 9.17) is 4.98 Å². The monoisotopic (exact) mass is 406 g/mol. The molecule has 2 aromatic rings. The molecule has 0 radical (unpaired) electrons. The fraction of sp³-hybridized carbons (Fsp3) is 0.458. The van der Waals surface area contributed by atoms with Crippen molar-refractivity contribution in [2.75, 3.05) is 28.2 Å². The average Bonchev–Trinajstić information content (AvgIpc) is 2.76. The van der Waals surface area contributed by atoms with Gasteiger partial charge >= 0.3 is 0 Å². The van der Waals surface area contributed by atoms with Gasteiger partial charge in [-0.2, -0.15) is 0 Å². The Morgan fingerprint density at radius 3 is 2.47 bits per heavy atom. The standard InChI is InChI=1S/C24H34N6/c1-7-13-29(10-4)20-11-12-22(25-15-20)27-24-26-16-21-23(28-24)17(5)14-18(6)30(21)19(8-2)9-3/h11-12,14-16,19H,6-10,13H2,1-5H3,(H,25,26,27,28). The topological polar surface area (TPSA) is 57.2 Å². The summed E-state index contributed by atoms with van der Waals surface area (Å²) in [5, 5.41) is 3.25. The summed E-state index contributed by atoms with van der Waals surface area (Å²) in [4.78, 5) is 18.5. The lowest BCUT2D eigenvalue weighted by molar-refractivity contribution is 0.595. The third kappa shape index (κ3) is 4.48. The molecule has 30 heavy (non-hydrogen) atoms. The minimum atomic E-state index is 0.391. The zero-order valence-electron chi connectivity index (χ0n) is 18.9. The summed E-state index contributed by atoms with van der Waals surface area (Å²) < 4.78 is 0. The first-order valence-corrected chi connectivity index (χ1v) is 11.0. The molecule has 0 bridgehead atoms. The Hall–Kier alpha value is -2.89. The van der Waals surface area contributed by atoms with Crippen LogP contribution in [0.25, 0.3) is 5.57 Å². The molecule has 1 N–H and O–H groups in total. The molecule has 0 aliphatic carbocycles. The quantitative estimate of drug-likeness (QED) is 0.570. The maximum absolute atomic E-state index is 4.80. The van der Waals surface area contributed by atoms with Crippen molar-refractivity contribution in [2.45, 2.75) is 59.9 Å². The van der Waals surface area contributed by atoms with Crippen LogP contribution in [0.15, 0.2) is 42.9 Å². The largest absolute Gasteiger partial charge is 0.371 e.